The van der Waals surface area contributed by atoms with Crippen LogP contribution in [-0.4, -0.2) is 28.3 Å². The third kappa shape index (κ3) is 6.71. The van der Waals surface area contributed by atoms with Gasteiger partial charge in [-0.15, -0.1) is 0 Å². The van der Waals surface area contributed by atoms with E-state index in [4.69, 9.17) is 15.2 Å². The number of hydrogen-bond donors (Lipinski definition) is 1. The molecule has 0 radical (unpaired) electrons. The molecule has 0 spiro atoms. The quantitative estimate of drug-likeness (QED) is 0.815. The Hall–Kier alpha value is -2.75. The zero-order chi connectivity index (χ0) is 19.4. The molecule has 0 aliphatic heterocycles. The van der Waals surface area contributed by atoms with Crippen molar-refractivity contribution in [1.82, 2.24) is 4.90 Å². The highest BCUT2D eigenvalue weighted by Crippen LogP contribution is 2.20. The number of carbonyl (C=O) groups excluding carboxylic acids is 2. The summed E-state index contributed by atoms with van der Waals surface area (Å²) in [5.74, 6) is 0. The Morgan fingerprint density at radius 1 is 1.08 bits per heavy atom. The zero-order valence-corrected chi connectivity index (χ0v) is 15.5. The lowest BCUT2D eigenvalue weighted by molar-refractivity contribution is -0.000253. The number of hydrogen-bond acceptors (Lipinski definition) is 6. The molecular weight excluding hydrogens is 322 g/mol. The lowest BCUT2D eigenvalue weighted by Gasteiger charge is -2.28. The average molecular weight is 347 g/mol. The summed E-state index contributed by atoms with van der Waals surface area (Å²) >= 11 is 0. The van der Waals surface area contributed by atoms with E-state index in [0.717, 1.165) is 4.90 Å². The summed E-state index contributed by atoms with van der Waals surface area (Å²) < 4.78 is 10.6. The maximum Gasteiger partial charge on any atom is 0.420 e. The molecule has 0 aromatic heterocycles. The molecule has 1 rings (SSSR count). The van der Waals surface area contributed by atoms with Crippen LogP contribution in [0.25, 0.3) is 0 Å². The van der Waals surface area contributed by atoms with E-state index in [9.17, 15) is 14.9 Å². The van der Waals surface area contributed by atoms with Crippen molar-refractivity contribution in [3.05, 3.63) is 29.3 Å². The summed E-state index contributed by atoms with van der Waals surface area (Å²) in [6.07, 6.45) is -1.71. The highest BCUT2D eigenvalue weighted by Gasteiger charge is 2.31. The SMILES string of the molecule is CC(C)(C)OC(=O)N(Cc1cc(N)ccc1C#N)C(=O)OC(C)(C)C. The average Bonchev–Trinajstić information content (AvgIpc) is 2.40. The van der Waals surface area contributed by atoms with E-state index < -0.39 is 23.4 Å². The molecule has 0 bridgehead atoms. The van der Waals surface area contributed by atoms with E-state index >= 15 is 0 Å². The Morgan fingerprint density at radius 3 is 1.96 bits per heavy atom. The van der Waals surface area contributed by atoms with Crippen molar-refractivity contribution < 1.29 is 19.1 Å². The first kappa shape index (κ1) is 20.3. The Morgan fingerprint density at radius 2 is 1.56 bits per heavy atom. The number of benzene rings is 1. The predicted molar refractivity (Wildman–Crippen MR) is 93.6 cm³/mol. The standard InChI is InChI=1S/C18H25N3O4/c1-17(2,3)24-15(22)21(16(23)25-18(4,5)6)11-13-9-14(20)8-7-12(13)10-19/h7-9H,11,20H2,1-6H3. The summed E-state index contributed by atoms with van der Waals surface area (Å²) in [7, 11) is 0. The van der Waals surface area contributed by atoms with Gasteiger partial charge in [-0.1, -0.05) is 0 Å². The highest BCUT2D eigenvalue weighted by atomic mass is 16.6. The molecule has 0 saturated carbocycles. The first-order valence-electron chi connectivity index (χ1n) is 7.84. The normalized spacial score (nSPS) is 11.4. The molecule has 0 saturated heterocycles. The van der Waals surface area contributed by atoms with E-state index in [1.165, 1.54) is 6.07 Å². The van der Waals surface area contributed by atoms with E-state index in [2.05, 4.69) is 0 Å². The van der Waals surface area contributed by atoms with E-state index in [0.29, 0.717) is 16.8 Å². The minimum Gasteiger partial charge on any atom is -0.443 e. The van der Waals surface area contributed by atoms with Crippen LogP contribution in [0.15, 0.2) is 18.2 Å². The van der Waals surface area contributed by atoms with Gasteiger partial charge in [0.15, 0.2) is 0 Å². The number of nitrogens with zero attached hydrogens (tertiary/aromatic N) is 2. The maximum absolute atomic E-state index is 12.5. The first-order valence-corrected chi connectivity index (χ1v) is 7.84. The van der Waals surface area contributed by atoms with Gasteiger partial charge in [0.05, 0.1) is 18.2 Å². The minimum absolute atomic E-state index is 0.183. The molecule has 1 aromatic rings. The Bertz CT molecular complexity index is 666. The van der Waals surface area contributed by atoms with Gasteiger partial charge in [-0.25, -0.2) is 14.5 Å². The molecule has 0 atom stereocenters. The second-order valence-electron chi connectivity index (χ2n) is 7.58. The molecule has 0 aliphatic rings. The van der Waals surface area contributed by atoms with Crippen molar-refractivity contribution in [2.75, 3.05) is 5.73 Å². The Kier molecular flexibility index (Phi) is 6.03. The number of rotatable bonds is 2. The fraction of sp³-hybridized carbons (Fsp3) is 0.500. The van der Waals surface area contributed by atoms with Crippen molar-refractivity contribution in [3.63, 3.8) is 0 Å². The number of nitrogen functional groups attached to an aromatic ring is 1. The molecule has 0 fully saturated rings. The van der Waals surface area contributed by atoms with Crippen LogP contribution in [-0.2, 0) is 16.0 Å². The number of amides is 2. The van der Waals surface area contributed by atoms with Crippen LogP contribution in [0.1, 0.15) is 52.7 Å². The van der Waals surface area contributed by atoms with Crippen molar-refractivity contribution in [2.45, 2.75) is 59.3 Å². The summed E-state index contributed by atoms with van der Waals surface area (Å²) in [4.78, 5) is 25.8. The molecule has 7 heteroatoms. The summed E-state index contributed by atoms with van der Waals surface area (Å²) in [6.45, 7) is 9.98. The third-order valence-corrected chi connectivity index (χ3v) is 2.81. The smallest absolute Gasteiger partial charge is 0.420 e. The highest BCUT2D eigenvalue weighted by molar-refractivity contribution is 5.88. The van der Waals surface area contributed by atoms with Crippen LogP contribution in [0.4, 0.5) is 15.3 Å². The van der Waals surface area contributed by atoms with Gasteiger partial charge < -0.3 is 15.2 Å². The molecule has 1 aromatic carbocycles. The van der Waals surface area contributed by atoms with Gasteiger partial charge in [0.25, 0.3) is 0 Å². The van der Waals surface area contributed by atoms with Gasteiger partial charge in [-0.2, -0.15) is 5.26 Å². The Balaban J connectivity index is 3.19. The summed E-state index contributed by atoms with van der Waals surface area (Å²) in [5.41, 5.74) is 5.34. The molecular formula is C18H25N3O4. The van der Waals surface area contributed by atoms with Gasteiger partial charge in [0.1, 0.15) is 11.2 Å². The van der Waals surface area contributed by atoms with Gasteiger partial charge >= 0.3 is 12.2 Å². The van der Waals surface area contributed by atoms with Crippen LogP contribution in [0.5, 0.6) is 0 Å². The van der Waals surface area contributed by atoms with Gasteiger partial charge in [-0.3, -0.25) is 0 Å². The summed E-state index contributed by atoms with van der Waals surface area (Å²) in [6, 6.07) is 6.67. The monoisotopic (exact) mass is 347 g/mol. The number of anilines is 1. The molecule has 136 valence electrons. The molecule has 0 aliphatic carbocycles. The van der Waals surface area contributed by atoms with E-state index in [1.54, 1.807) is 53.7 Å². The predicted octanol–water partition coefficient (Wildman–Crippen LogP) is 3.81. The van der Waals surface area contributed by atoms with Gasteiger partial charge in [0, 0.05) is 5.69 Å². The topological polar surface area (TPSA) is 106 Å². The summed E-state index contributed by atoms with van der Waals surface area (Å²) in [5, 5.41) is 9.23. The Labute approximate surface area is 148 Å². The molecule has 7 nitrogen and oxygen atoms in total. The van der Waals surface area contributed by atoms with Crippen LogP contribution in [0, 0.1) is 11.3 Å². The lowest BCUT2D eigenvalue weighted by atomic mass is 10.1. The number of nitrogens with two attached hydrogens (primary N) is 1. The number of imide groups is 1. The van der Waals surface area contributed by atoms with Gasteiger partial charge in [0.2, 0.25) is 0 Å². The second-order valence-corrected chi connectivity index (χ2v) is 7.58. The molecule has 0 heterocycles. The first-order chi connectivity index (χ1) is 11.3. The molecule has 2 N–H and O–H groups in total. The van der Waals surface area contributed by atoms with Crippen molar-refractivity contribution in [1.29, 1.82) is 5.26 Å². The zero-order valence-electron chi connectivity index (χ0n) is 15.5. The van der Waals surface area contributed by atoms with Crippen LogP contribution in [0.3, 0.4) is 0 Å². The van der Waals surface area contributed by atoms with Crippen LogP contribution >= 0.6 is 0 Å². The van der Waals surface area contributed by atoms with Crippen molar-refractivity contribution >= 4 is 17.9 Å². The number of nitriles is 1. The largest absolute Gasteiger partial charge is 0.443 e. The second kappa shape index (κ2) is 7.43. The van der Waals surface area contributed by atoms with Crippen molar-refractivity contribution in [3.8, 4) is 6.07 Å². The van der Waals surface area contributed by atoms with Crippen molar-refractivity contribution in [2.24, 2.45) is 0 Å². The van der Waals surface area contributed by atoms with Crippen LogP contribution in [0.2, 0.25) is 0 Å². The number of ether oxygens (including phenoxy) is 2. The van der Waals surface area contributed by atoms with E-state index in [1.807, 2.05) is 6.07 Å². The molecule has 25 heavy (non-hydrogen) atoms. The number of carbonyl (C=O) groups is 2. The lowest BCUT2D eigenvalue weighted by Crippen LogP contribution is -2.43. The minimum atomic E-state index is -0.854. The van der Waals surface area contributed by atoms with Crippen LogP contribution < -0.4 is 5.73 Å². The molecule has 0 unspecified atom stereocenters. The maximum atomic E-state index is 12.5. The third-order valence-electron chi connectivity index (χ3n) is 2.81. The van der Waals surface area contributed by atoms with E-state index in [-0.39, 0.29) is 6.54 Å². The van der Waals surface area contributed by atoms with Gasteiger partial charge in [-0.05, 0) is 65.3 Å². The molecule has 2 amide bonds. The fourth-order valence-electron chi connectivity index (χ4n) is 1.86. The fourth-order valence-corrected chi connectivity index (χ4v) is 1.86.